The molecule has 1 saturated heterocycles. The number of carbonyl (C=O) groups is 5. The van der Waals surface area contributed by atoms with Crippen LogP contribution in [0.3, 0.4) is 0 Å². The van der Waals surface area contributed by atoms with Crippen LogP contribution in [-0.2, 0) is 36.8 Å². The molecule has 0 aliphatic carbocycles. The minimum atomic E-state index is -2.96. The quantitative estimate of drug-likeness (QED) is 0.130. The second kappa shape index (κ2) is 14.2. The van der Waals surface area contributed by atoms with Crippen molar-refractivity contribution in [2.45, 2.75) is 75.4 Å². The zero-order chi connectivity index (χ0) is 31.2. The number of carboxylic acid groups (broad SMARTS) is 1. The number of carbonyl (C=O) groups excluding carboxylic acids is 4. The Hall–Kier alpha value is -3.39. The van der Waals surface area contributed by atoms with Crippen molar-refractivity contribution >= 4 is 42.0 Å². The Morgan fingerprint density at radius 2 is 1.81 bits per heavy atom. The molecule has 1 radical (unpaired) electrons. The number of rotatable bonds is 14. The number of aromatic nitrogens is 2. The van der Waals surface area contributed by atoms with Crippen molar-refractivity contribution in [2.24, 2.45) is 23.3 Å². The molecular formula is C29H39N6O6S. The monoisotopic (exact) mass is 599 g/mol. The molecule has 42 heavy (non-hydrogen) atoms. The van der Waals surface area contributed by atoms with E-state index in [1.807, 2.05) is 0 Å². The Morgan fingerprint density at radius 3 is 2.29 bits per heavy atom. The molecule has 6 unspecified atom stereocenters. The van der Waals surface area contributed by atoms with Crippen LogP contribution in [0.1, 0.15) is 44.9 Å². The molecule has 7 N–H and O–H groups in total. The zero-order valence-corrected chi connectivity index (χ0v) is 24.8. The van der Waals surface area contributed by atoms with Crippen molar-refractivity contribution in [1.29, 1.82) is 0 Å². The fourth-order valence-electron chi connectivity index (χ4n) is 5.57. The number of thiol groups is 1. The van der Waals surface area contributed by atoms with Gasteiger partial charge in [0, 0.05) is 12.6 Å². The van der Waals surface area contributed by atoms with E-state index in [1.165, 1.54) is 19.4 Å². The average molecular weight is 600 g/mol. The highest BCUT2D eigenvalue weighted by Gasteiger charge is 2.65. The molecule has 12 nitrogen and oxygen atoms in total. The number of hydrogen-bond donors (Lipinski definition) is 6. The van der Waals surface area contributed by atoms with Gasteiger partial charge in [0.2, 0.25) is 17.4 Å². The largest absolute Gasteiger partial charge is 0.479 e. The van der Waals surface area contributed by atoms with E-state index in [2.05, 4.69) is 34.0 Å². The Balaban J connectivity index is 2.28. The number of Topliss-reactive ketones (excluding diaryl/α,β-unsaturated/α-hetero) is 2. The van der Waals surface area contributed by atoms with Gasteiger partial charge in [0.15, 0.2) is 11.6 Å². The molecule has 2 heterocycles. The Kier molecular flexibility index (Phi) is 11.2. The first kappa shape index (κ1) is 33.1. The third-order valence-electron chi connectivity index (χ3n) is 7.54. The SMILES string of the molecule is CC(S)C(=O)C(C(C)C)C(C(=O)O)(C(=O)C1CCCN1)N(C(=O)C(N)Cc1[c]cccc1)C(=O)C(N)Cc1c[nH]cn1. The van der Waals surface area contributed by atoms with Gasteiger partial charge in [-0.2, -0.15) is 12.6 Å². The molecule has 1 aromatic heterocycles. The van der Waals surface area contributed by atoms with E-state index < -0.39 is 70.1 Å². The van der Waals surface area contributed by atoms with E-state index in [4.69, 9.17) is 11.5 Å². The standard InChI is InChI=1S/C29H39N6O6S/c1-16(2)23(24(36)17(3)42)29(28(40)41,25(37)22-10-7-11-33-22)35(27(39)21(31)13-19-14-32-15-34-19)26(38)20(30)12-18-8-5-4-6-9-18/h4-6,8,14-17,20-23,33,42H,7,10-13,30-31H2,1-3H3,(H,32,34)(H,40,41). The minimum absolute atomic E-state index is 0.118. The topological polar surface area (TPSA) is 202 Å². The number of hydrogen-bond acceptors (Lipinski definition) is 10. The highest BCUT2D eigenvalue weighted by atomic mass is 32.1. The summed E-state index contributed by atoms with van der Waals surface area (Å²) >= 11 is 4.26. The number of benzene rings is 1. The minimum Gasteiger partial charge on any atom is -0.479 e. The highest BCUT2D eigenvalue weighted by molar-refractivity contribution is 7.81. The maximum Gasteiger partial charge on any atom is 0.338 e. The molecule has 6 atom stereocenters. The first-order valence-corrected chi connectivity index (χ1v) is 14.4. The molecule has 1 aliphatic heterocycles. The van der Waals surface area contributed by atoms with Crippen LogP contribution in [0.2, 0.25) is 0 Å². The molecule has 1 aromatic carbocycles. The number of amides is 2. The molecule has 0 bridgehead atoms. The Bertz CT molecular complexity index is 1260. The number of aliphatic carboxylic acids is 1. The lowest BCUT2D eigenvalue weighted by Gasteiger charge is -2.46. The summed E-state index contributed by atoms with van der Waals surface area (Å²) in [6, 6.07) is 5.68. The summed E-state index contributed by atoms with van der Waals surface area (Å²) in [5.41, 5.74) is 10.6. The molecule has 0 spiro atoms. The van der Waals surface area contributed by atoms with Crippen LogP contribution in [0.15, 0.2) is 36.8 Å². The average Bonchev–Trinajstić information content (AvgIpc) is 3.66. The summed E-state index contributed by atoms with van der Waals surface area (Å²) in [5.74, 6) is -8.28. The van der Waals surface area contributed by atoms with E-state index in [-0.39, 0.29) is 19.3 Å². The van der Waals surface area contributed by atoms with Crippen LogP contribution in [0, 0.1) is 17.9 Å². The predicted octanol–water partition coefficient (Wildman–Crippen LogP) is 0.309. The lowest BCUT2D eigenvalue weighted by atomic mass is 9.67. The van der Waals surface area contributed by atoms with Gasteiger partial charge in [0.05, 0.1) is 41.3 Å². The lowest BCUT2D eigenvalue weighted by molar-refractivity contribution is -0.179. The van der Waals surface area contributed by atoms with Crippen LogP contribution in [0.5, 0.6) is 0 Å². The summed E-state index contributed by atoms with van der Waals surface area (Å²) < 4.78 is 0. The smallest absolute Gasteiger partial charge is 0.338 e. The lowest BCUT2D eigenvalue weighted by Crippen LogP contribution is -2.75. The number of imide groups is 1. The van der Waals surface area contributed by atoms with Crippen molar-refractivity contribution in [3.8, 4) is 0 Å². The molecule has 2 aromatic rings. The number of nitrogens with one attached hydrogen (secondary N) is 2. The molecule has 1 fully saturated rings. The summed E-state index contributed by atoms with van der Waals surface area (Å²) in [4.78, 5) is 77.6. The first-order chi connectivity index (χ1) is 19.8. The Morgan fingerprint density at radius 1 is 1.14 bits per heavy atom. The maximum atomic E-state index is 14.5. The third-order valence-corrected chi connectivity index (χ3v) is 7.79. The maximum absolute atomic E-state index is 14.5. The molecule has 2 amide bonds. The Labute approximate surface area is 250 Å². The summed E-state index contributed by atoms with van der Waals surface area (Å²) in [5, 5.41) is 13.0. The molecule has 3 rings (SSSR count). The number of imidazole rings is 1. The van der Waals surface area contributed by atoms with Crippen molar-refractivity contribution in [3.63, 3.8) is 0 Å². The fraction of sp³-hybridized carbons (Fsp3) is 0.517. The van der Waals surface area contributed by atoms with E-state index in [0.29, 0.717) is 29.1 Å². The van der Waals surface area contributed by atoms with Gasteiger partial charge in [0.25, 0.3) is 0 Å². The molecule has 227 valence electrons. The third kappa shape index (κ3) is 6.80. The van der Waals surface area contributed by atoms with Gasteiger partial charge in [-0.1, -0.05) is 38.1 Å². The fourth-order valence-corrected chi connectivity index (χ4v) is 5.73. The van der Waals surface area contributed by atoms with Crippen LogP contribution in [0.25, 0.3) is 0 Å². The van der Waals surface area contributed by atoms with Crippen molar-refractivity contribution in [2.75, 3.05) is 6.54 Å². The number of carboxylic acids is 1. The van der Waals surface area contributed by atoms with Crippen molar-refractivity contribution in [1.82, 2.24) is 20.2 Å². The van der Waals surface area contributed by atoms with E-state index in [0.717, 1.165) is 0 Å². The molecule has 1 aliphatic rings. The van der Waals surface area contributed by atoms with Crippen LogP contribution in [-0.4, -0.2) is 84.8 Å². The van der Waals surface area contributed by atoms with Gasteiger partial charge in [-0.3, -0.25) is 24.1 Å². The number of nitrogens with zero attached hydrogens (tertiary/aromatic N) is 2. The van der Waals surface area contributed by atoms with Gasteiger partial charge < -0.3 is 26.9 Å². The van der Waals surface area contributed by atoms with Gasteiger partial charge in [-0.05, 0) is 50.3 Å². The van der Waals surface area contributed by atoms with Gasteiger partial charge in [-0.15, -0.1) is 0 Å². The second-order valence-corrected chi connectivity index (χ2v) is 11.7. The van der Waals surface area contributed by atoms with Gasteiger partial charge >= 0.3 is 5.97 Å². The molecular weight excluding hydrogens is 560 g/mol. The molecule has 0 saturated carbocycles. The molecule has 13 heteroatoms. The zero-order valence-electron chi connectivity index (χ0n) is 23.9. The normalized spacial score (nSPS) is 19.4. The first-order valence-electron chi connectivity index (χ1n) is 13.9. The number of aromatic amines is 1. The van der Waals surface area contributed by atoms with Crippen LogP contribution < -0.4 is 16.8 Å². The van der Waals surface area contributed by atoms with E-state index in [9.17, 15) is 29.1 Å². The summed E-state index contributed by atoms with van der Waals surface area (Å²) in [7, 11) is 0. The number of ketones is 2. The van der Waals surface area contributed by atoms with Gasteiger partial charge in [-0.25, -0.2) is 9.78 Å². The van der Waals surface area contributed by atoms with E-state index >= 15 is 0 Å². The van der Waals surface area contributed by atoms with Crippen LogP contribution in [0.4, 0.5) is 0 Å². The summed E-state index contributed by atoms with van der Waals surface area (Å²) in [6.45, 7) is 4.97. The van der Waals surface area contributed by atoms with Crippen molar-refractivity contribution < 1.29 is 29.1 Å². The highest BCUT2D eigenvalue weighted by Crippen LogP contribution is 2.38. The number of nitrogens with two attached hydrogens (primary N) is 2. The second-order valence-electron chi connectivity index (χ2n) is 11.0. The predicted molar refractivity (Wildman–Crippen MR) is 157 cm³/mol. The summed E-state index contributed by atoms with van der Waals surface area (Å²) in [6.07, 6.45) is 3.39. The van der Waals surface area contributed by atoms with Crippen molar-refractivity contribution in [3.05, 3.63) is 54.1 Å². The number of H-pyrrole nitrogens is 1. The van der Waals surface area contributed by atoms with Gasteiger partial charge in [0.1, 0.15) is 0 Å². The van der Waals surface area contributed by atoms with E-state index in [1.54, 1.807) is 38.1 Å². The van der Waals surface area contributed by atoms with Crippen LogP contribution >= 0.6 is 12.6 Å².